The zero-order chi connectivity index (χ0) is 6.81. The molecule has 0 aromatic heterocycles. The molecule has 1 radical (unpaired) electrons. The average molecular weight is 133 g/mol. The second kappa shape index (κ2) is 2.29. The maximum atomic E-state index is 4.20. The van der Waals surface area contributed by atoms with Crippen molar-refractivity contribution in [1.29, 1.82) is 0 Å². The van der Waals surface area contributed by atoms with Crippen molar-refractivity contribution in [3.63, 3.8) is 0 Å². The first-order chi connectivity index (χ1) is 4.97. The Kier molecular flexibility index (Phi) is 1.31. The molecule has 1 atom stereocenters. The number of nitrogens with zero attached hydrogens (tertiary/aromatic N) is 2. The van der Waals surface area contributed by atoms with E-state index in [1.54, 1.807) is 6.34 Å². The molecule has 0 aromatic carbocycles. The van der Waals surface area contributed by atoms with E-state index in [4.69, 9.17) is 0 Å². The first kappa shape index (κ1) is 5.71. The van der Waals surface area contributed by atoms with Crippen LogP contribution in [0.15, 0.2) is 28.8 Å². The molecular formula is C8H9N2. The molecule has 10 heavy (non-hydrogen) atoms. The van der Waals surface area contributed by atoms with Gasteiger partial charge in [0.05, 0.1) is 12.6 Å². The Morgan fingerprint density at radius 3 is 3.40 bits per heavy atom. The molecule has 0 N–H and O–H groups in total. The summed E-state index contributed by atoms with van der Waals surface area (Å²) in [6.07, 6.45) is 9.22. The summed E-state index contributed by atoms with van der Waals surface area (Å²) in [5, 5.41) is 4.07. The highest BCUT2D eigenvalue weighted by Gasteiger charge is 2.14. The number of rotatable bonds is 0. The number of fused-ring (bicyclic) bond motifs is 1. The molecule has 1 aliphatic carbocycles. The Morgan fingerprint density at radius 1 is 1.50 bits per heavy atom. The van der Waals surface area contributed by atoms with E-state index >= 15 is 0 Å². The van der Waals surface area contributed by atoms with Gasteiger partial charge in [-0.15, -0.1) is 0 Å². The molecule has 2 nitrogen and oxygen atoms in total. The van der Waals surface area contributed by atoms with E-state index < -0.39 is 0 Å². The third kappa shape index (κ3) is 0.856. The number of allylic oxidation sites excluding steroid dienone is 2. The predicted molar refractivity (Wildman–Crippen MR) is 41.1 cm³/mol. The zero-order valence-corrected chi connectivity index (χ0v) is 5.70. The summed E-state index contributed by atoms with van der Waals surface area (Å²) in [5.41, 5.74) is 1.35. The van der Waals surface area contributed by atoms with Crippen LogP contribution in [-0.2, 0) is 0 Å². The van der Waals surface area contributed by atoms with Gasteiger partial charge in [0, 0.05) is 0 Å². The van der Waals surface area contributed by atoms with Gasteiger partial charge in [0.2, 0.25) is 0 Å². The number of aliphatic imine (C=N–C) groups is 1. The van der Waals surface area contributed by atoms with Gasteiger partial charge in [-0.1, -0.05) is 18.2 Å². The molecule has 0 aromatic rings. The third-order valence-corrected chi connectivity index (χ3v) is 1.80. The van der Waals surface area contributed by atoms with Gasteiger partial charge in [-0.2, -0.15) is 0 Å². The summed E-state index contributed by atoms with van der Waals surface area (Å²) >= 11 is 0. The van der Waals surface area contributed by atoms with Crippen LogP contribution in [0.25, 0.3) is 0 Å². The summed E-state index contributed by atoms with van der Waals surface area (Å²) in [6.45, 7) is 0.846. The van der Waals surface area contributed by atoms with E-state index in [-0.39, 0.29) is 0 Å². The average Bonchev–Trinajstić information content (AvgIpc) is 2.05. The van der Waals surface area contributed by atoms with E-state index in [0.29, 0.717) is 6.04 Å². The van der Waals surface area contributed by atoms with Crippen molar-refractivity contribution in [3.8, 4) is 0 Å². The lowest BCUT2D eigenvalue weighted by molar-refractivity contribution is 0.796. The van der Waals surface area contributed by atoms with Crippen LogP contribution in [0.5, 0.6) is 0 Å². The topological polar surface area (TPSA) is 26.5 Å². The number of hydrogen-bond acceptors (Lipinski definition) is 1. The monoisotopic (exact) mass is 133 g/mol. The second-order valence-electron chi connectivity index (χ2n) is 2.49. The highest BCUT2D eigenvalue weighted by atomic mass is 15.0. The standard InChI is InChI=1S/C8H9N2/c1-2-4-8-7(3-1)5-9-6-10-8/h2-4,6,8H,1,5H2. The minimum absolute atomic E-state index is 0.311. The fourth-order valence-electron chi connectivity index (χ4n) is 1.24. The number of hydrogen-bond donors (Lipinski definition) is 0. The quantitative estimate of drug-likeness (QED) is 0.439. The van der Waals surface area contributed by atoms with Crippen molar-refractivity contribution in [2.75, 3.05) is 6.54 Å². The molecule has 2 rings (SSSR count). The molecule has 0 amide bonds. The molecule has 0 spiro atoms. The molecule has 1 unspecified atom stereocenters. The van der Waals surface area contributed by atoms with Gasteiger partial charge in [0.15, 0.2) is 0 Å². The van der Waals surface area contributed by atoms with Gasteiger partial charge in [0.1, 0.15) is 6.34 Å². The van der Waals surface area contributed by atoms with Crippen LogP contribution >= 0.6 is 0 Å². The minimum Gasteiger partial charge on any atom is -0.269 e. The summed E-state index contributed by atoms with van der Waals surface area (Å²) in [5.74, 6) is 0. The van der Waals surface area contributed by atoms with Gasteiger partial charge in [-0.3, -0.25) is 10.3 Å². The minimum atomic E-state index is 0.311. The molecule has 0 saturated heterocycles. The Balaban J connectivity index is 2.26. The van der Waals surface area contributed by atoms with E-state index in [0.717, 1.165) is 13.0 Å². The summed E-state index contributed by atoms with van der Waals surface area (Å²) in [7, 11) is 0. The third-order valence-electron chi connectivity index (χ3n) is 1.80. The molecule has 2 aliphatic rings. The van der Waals surface area contributed by atoms with Gasteiger partial charge in [0.25, 0.3) is 0 Å². The molecule has 1 heterocycles. The first-order valence-corrected chi connectivity index (χ1v) is 3.50. The largest absolute Gasteiger partial charge is 0.269 e. The lowest BCUT2D eigenvalue weighted by Crippen LogP contribution is -2.23. The maximum Gasteiger partial charge on any atom is 0.105 e. The van der Waals surface area contributed by atoms with E-state index in [9.17, 15) is 0 Å². The van der Waals surface area contributed by atoms with Gasteiger partial charge >= 0.3 is 0 Å². The van der Waals surface area contributed by atoms with Crippen molar-refractivity contribution in [2.45, 2.75) is 12.5 Å². The Bertz CT molecular complexity index is 213. The molecule has 0 fully saturated rings. The molecular weight excluding hydrogens is 124 g/mol. The van der Waals surface area contributed by atoms with Crippen molar-refractivity contribution >= 4 is 6.34 Å². The normalized spacial score (nSPS) is 28.8. The van der Waals surface area contributed by atoms with E-state index in [1.807, 2.05) is 0 Å². The van der Waals surface area contributed by atoms with Crippen molar-refractivity contribution < 1.29 is 0 Å². The molecule has 51 valence electrons. The fourth-order valence-corrected chi connectivity index (χ4v) is 1.24. The van der Waals surface area contributed by atoms with Gasteiger partial charge in [-0.05, 0) is 12.0 Å². The summed E-state index contributed by atoms with van der Waals surface area (Å²) in [6, 6.07) is 0.311. The molecule has 0 bridgehead atoms. The zero-order valence-electron chi connectivity index (χ0n) is 5.70. The van der Waals surface area contributed by atoms with Crippen molar-refractivity contribution in [1.82, 2.24) is 5.32 Å². The lowest BCUT2D eigenvalue weighted by Gasteiger charge is -2.18. The van der Waals surface area contributed by atoms with E-state index in [2.05, 4.69) is 28.5 Å². The van der Waals surface area contributed by atoms with Crippen LogP contribution in [0.2, 0.25) is 0 Å². The Labute approximate surface area is 60.3 Å². The van der Waals surface area contributed by atoms with Gasteiger partial charge in [-0.25, -0.2) is 0 Å². The van der Waals surface area contributed by atoms with Crippen LogP contribution in [0.4, 0.5) is 0 Å². The van der Waals surface area contributed by atoms with Crippen molar-refractivity contribution in [2.24, 2.45) is 4.99 Å². The highest BCUT2D eigenvalue weighted by Crippen LogP contribution is 2.16. The van der Waals surface area contributed by atoms with Crippen LogP contribution in [0, 0.1) is 0 Å². The Hall–Kier alpha value is -1.05. The lowest BCUT2D eigenvalue weighted by atomic mass is 10.0. The van der Waals surface area contributed by atoms with Crippen LogP contribution in [0.1, 0.15) is 6.42 Å². The summed E-state index contributed by atoms with van der Waals surface area (Å²) in [4.78, 5) is 4.20. The van der Waals surface area contributed by atoms with Crippen LogP contribution in [-0.4, -0.2) is 18.9 Å². The molecule has 1 aliphatic heterocycles. The van der Waals surface area contributed by atoms with Crippen LogP contribution < -0.4 is 5.32 Å². The van der Waals surface area contributed by atoms with Gasteiger partial charge < -0.3 is 0 Å². The second-order valence-corrected chi connectivity index (χ2v) is 2.49. The smallest absolute Gasteiger partial charge is 0.105 e. The predicted octanol–water partition coefficient (Wildman–Crippen LogP) is 0.888. The maximum absolute atomic E-state index is 4.20. The molecule has 0 saturated carbocycles. The Morgan fingerprint density at radius 2 is 2.50 bits per heavy atom. The first-order valence-electron chi connectivity index (χ1n) is 3.50. The highest BCUT2D eigenvalue weighted by molar-refractivity contribution is 5.58. The van der Waals surface area contributed by atoms with Crippen molar-refractivity contribution in [3.05, 3.63) is 23.8 Å². The fraction of sp³-hybridized carbons (Fsp3) is 0.375. The van der Waals surface area contributed by atoms with E-state index in [1.165, 1.54) is 5.57 Å². The SMILES string of the molecule is C1=CC2N=C[N]CC2=CC1. The van der Waals surface area contributed by atoms with Crippen LogP contribution in [0.3, 0.4) is 0 Å². The summed E-state index contributed by atoms with van der Waals surface area (Å²) < 4.78 is 0. The molecule has 2 heteroatoms.